The number of hydrogen-bond acceptors (Lipinski definition) is 4. The first-order valence-corrected chi connectivity index (χ1v) is 7.19. The predicted octanol–water partition coefficient (Wildman–Crippen LogP) is 1.41. The maximum Gasteiger partial charge on any atom is 0.262 e. The van der Waals surface area contributed by atoms with Crippen LogP contribution in [0, 0.1) is 0 Å². The Bertz CT molecular complexity index is 737. The van der Waals surface area contributed by atoms with Crippen LogP contribution >= 0.6 is 10.7 Å². The van der Waals surface area contributed by atoms with E-state index in [0.29, 0.717) is 23.0 Å². The molecule has 2 heterocycles. The summed E-state index contributed by atoms with van der Waals surface area (Å²) in [7, 11) is 1.36. The van der Waals surface area contributed by atoms with Crippen molar-refractivity contribution in [2.24, 2.45) is 0 Å². The quantitative estimate of drug-likeness (QED) is 0.839. The lowest BCUT2D eigenvalue weighted by Crippen LogP contribution is -2.11. The molecule has 7 heteroatoms. The molecule has 0 amide bonds. The number of H-pyrrole nitrogens is 1. The van der Waals surface area contributed by atoms with Crippen LogP contribution in [0.15, 0.2) is 28.0 Å². The van der Waals surface area contributed by atoms with E-state index in [1.165, 1.54) is 12.3 Å². The summed E-state index contributed by atoms with van der Waals surface area (Å²) in [4.78, 5) is 18.0. The van der Waals surface area contributed by atoms with Crippen molar-refractivity contribution in [3.63, 3.8) is 0 Å². The molecular formula is C10H9ClN2O3S. The van der Waals surface area contributed by atoms with Gasteiger partial charge in [-0.3, -0.25) is 9.78 Å². The summed E-state index contributed by atoms with van der Waals surface area (Å²) >= 11 is 0. The number of nitrogens with zero attached hydrogens (tertiary/aromatic N) is 1. The molecule has 0 unspecified atom stereocenters. The molecule has 2 aromatic rings. The number of rotatable bonds is 2. The second kappa shape index (κ2) is 4.12. The Morgan fingerprint density at radius 1 is 1.41 bits per heavy atom. The van der Waals surface area contributed by atoms with Crippen LogP contribution in [-0.2, 0) is 15.5 Å². The van der Waals surface area contributed by atoms with E-state index in [-0.39, 0.29) is 10.5 Å². The van der Waals surface area contributed by atoms with Crippen molar-refractivity contribution < 1.29 is 8.42 Å². The number of pyridine rings is 2. The molecule has 17 heavy (non-hydrogen) atoms. The predicted molar refractivity (Wildman–Crippen MR) is 64.8 cm³/mol. The van der Waals surface area contributed by atoms with Gasteiger partial charge in [0.05, 0.1) is 11.0 Å². The fourth-order valence-corrected chi connectivity index (χ4v) is 2.19. The maximum absolute atomic E-state index is 11.6. The van der Waals surface area contributed by atoms with E-state index in [1.54, 1.807) is 6.07 Å². The van der Waals surface area contributed by atoms with Crippen molar-refractivity contribution in [1.29, 1.82) is 0 Å². The molecule has 5 nitrogen and oxygen atoms in total. The largest absolute Gasteiger partial charge is 0.320 e. The number of fused-ring (bicyclic) bond motifs is 1. The second-order valence-corrected chi connectivity index (χ2v) is 6.08. The first-order valence-electron chi connectivity index (χ1n) is 4.88. The lowest BCUT2D eigenvalue weighted by atomic mass is 10.2. The SMILES string of the molecule is CCc1cc2ncc(S(=O)(=O)Cl)cc2[nH]c1=O. The zero-order chi connectivity index (χ0) is 12.6. The minimum absolute atomic E-state index is 0.133. The van der Waals surface area contributed by atoms with Crippen molar-refractivity contribution >= 4 is 30.8 Å². The second-order valence-electron chi connectivity index (χ2n) is 3.52. The van der Waals surface area contributed by atoms with Gasteiger partial charge in [0.15, 0.2) is 0 Å². The van der Waals surface area contributed by atoms with E-state index < -0.39 is 9.05 Å². The number of halogens is 1. The van der Waals surface area contributed by atoms with Crippen molar-refractivity contribution in [2.75, 3.05) is 0 Å². The molecule has 0 spiro atoms. The fraction of sp³-hybridized carbons (Fsp3) is 0.200. The van der Waals surface area contributed by atoms with Gasteiger partial charge < -0.3 is 4.98 Å². The summed E-state index contributed by atoms with van der Waals surface area (Å²) in [5.74, 6) is 0. The Balaban J connectivity index is 2.76. The molecule has 0 saturated carbocycles. The lowest BCUT2D eigenvalue weighted by Gasteiger charge is -2.02. The van der Waals surface area contributed by atoms with Crippen molar-refractivity contribution in [3.05, 3.63) is 34.2 Å². The average molecular weight is 273 g/mol. The van der Waals surface area contributed by atoms with E-state index in [0.717, 1.165) is 0 Å². The Hall–Kier alpha value is -1.40. The molecule has 0 aliphatic heterocycles. The highest BCUT2D eigenvalue weighted by Crippen LogP contribution is 2.17. The highest BCUT2D eigenvalue weighted by atomic mass is 35.7. The van der Waals surface area contributed by atoms with E-state index in [4.69, 9.17) is 10.7 Å². The molecule has 0 saturated heterocycles. The standard InChI is InChI=1S/C10H9ClN2O3S/c1-2-6-3-8-9(13-10(6)14)4-7(5-12-8)17(11,15)16/h3-5H,2H2,1H3,(H,13,14). The van der Waals surface area contributed by atoms with Crippen molar-refractivity contribution in [3.8, 4) is 0 Å². The van der Waals surface area contributed by atoms with E-state index in [2.05, 4.69) is 9.97 Å². The van der Waals surface area contributed by atoms with Gasteiger partial charge in [0.25, 0.3) is 14.6 Å². The molecule has 0 aromatic carbocycles. The minimum Gasteiger partial charge on any atom is -0.320 e. The van der Waals surface area contributed by atoms with Crippen LogP contribution in [-0.4, -0.2) is 18.4 Å². The smallest absolute Gasteiger partial charge is 0.262 e. The lowest BCUT2D eigenvalue weighted by molar-refractivity contribution is 0.609. The van der Waals surface area contributed by atoms with Gasteiger partial charge >= 0.3 is 0 Å². The van der Waals surface area contributed by atoms with Crippen LogP contribution < -0.4 is 5.56 Å². The molecule has 0 aliphatic rings. The highest BCUT2D eigenvalue weighted by molar-refractivity contribution is 8.13. The minimum atomic E-state index is -3.84. The topological polar surface area (TPSA) is 79.9 Å². The van der Waals surface area contributed by atoms with Gasteiger partial charge in [-0.1, -0.05) is 6.92 Å². The molecule has 0 fully saturated rings. The van der Waals surface area contributed by atoms with Crippen LogP contribution in [0.3, 0.4) is 0 Å². The molecule has 0 aliphatic carbocycles. The molecule has 1 N–H and O–H groups in total. The Labute approximate surface area is 102 Å². The maximum atomic E-state index is 11.6. The molecule has 2 aromatic heterocycles. The number of aromatic amines is 1. The van der Waals surface area contributed by atoms with Gasteiger partial charge in [-0.05, 0) is 18.6 Å². The number of aromatic nitrogens is 2. The van der Waals surface area contributed by atoms with Crippen LogP contribution in [0.2, 0.25) is 0 Å². The van der Waals surface area contributed by atoms with Crippen LogP contribution in [0.5, 0.6) is 0 Å². The van der Waals surface area contributed by atoms with Crippen molar-refractivity contribution in [1.82, 2.24) is 9.97 Å². The molecule has 0 bridgehead atoms. The van der Waals surface area contributed by atoms with Gasteiger partial charge in [0.2, 0.25) is 0 Å². The average Bonchev–Trinajstić information content (AvgIpc) is 2.26. The van der Waals surface area contributed by atoms with Crippen LogP contribution in [0.25, 0.3) is 11.0 Å². The Kier molecular flexibility index (Phi) is 2.92. The first kappa shape index (κ1) is 12.1. The normalized spacial score (nSPS) is 11.9. The third-order valence-corrected chi connectivity index (χ3v) is 3.73. The Morgan fingerprint density at radius 2 is 2.12 bits per heavy atom. The first-order chi connectivity index (χ1) is 7.91. The molecule has 2 rings (SSSR count). The third-order valence-electron chi connectivity index (χ3n) is 2.41. The zero-order valence-electron chi connectivity index (χ0n) is 8.90. The monoisotopic (exact) mass is 272 g/mol. The number of nitrogens with one attached hydrogen (secondary N) is 1. The third kappa shape index (κ3) is 2.32. The van der Waals surface area contributed by atoms with Gasteiger partial charge in [0, 0.05) is 22.4 Å². The summed E-state index contributed by atoms with van der Waals surface area (Å²) in [6, 6.07) is 2.93. The summed E-state index contributed by atoms with van der Waals surface area (Å²) in [6.07, 6.45) is 1.75. The van der Waals surface area contributed by atoms with Gasteiger partial charge in [-0.15, -0.1) is 0 Å². The molecular weight excluding hydrogens is 264 g/mol. The van der Waals surface area contributed by atoms with Crippen molar-refractivity contribution in [2.45, 2.75) is 18.2 Å². The summed E-state index contributed by atoms with van der Waals surface area (Å²) in [5, 5.41) is 0. The molecule has 90 valence electrons. The number of hydrogen-bond donors (Lipinski definition) is 1. The highest BCUT2D eigenvalue weighted by Gasteiger charge is 2.12. The van der Waals surface area contributed by atoms with Crippen LogP contribution in [0.4, 0.5) is 0 Å². The van der Waals surface area contributed by atoms with Crippen LogP contribution in [0.1, 0.15) is 12.5 Å². The Morgan fingerprint density at radius 3 is 2.71 bits per heavy atom. The van der Waals surface area contributed by atoms with E-state index in [9.17, 15) is 13.2 Å². The zero-order valence-corrected chi connectivity index (χ0v) is 10.5. The molecule has 0 radical (unpaired) electrons. The van der Waals surface area contributed by atoms with Gasteiger partial charge in [-0.2, -0.15) is 0 Å². The summed E-state index contributed by atoms with van der Waals surface area (Å²) in [6.45, 7) is 1.86. The van der Waals surface area contributed by atoms with Gasteiger partial charge in [0.1, 0.15) is 4.90 Å². The number of aryl methyl sites for hydroxylation is 1. The summed E-state index contributed by atoms with van der Waals surface area (Å²) in [5.41, 5.74) is 1.25. The fourth-order valence-electron chi connectivity index (χ4n) is 1.50. The van der Waals surface area contributed by atoms with E-state index in [1.807, 2.05) is 6.92 Å². The van der Waals surface area contributed by atoms with E-state index >= 15 is 0 Å². The summed E-state index contributed by atoms with van der Waals surface area (Å²) < 4.78 is 22.2. The molecule has 0 atom stereocenters. The van der Waals surface area contributed by atoms with Gasteiger partial charge in [-0.25, -0.2) is 8.42 Å².